The molecule has 1 aromatic rings. The van der Waals surface area contributed by atoms with Crippen molar-refractivity contribution in [1.82, 2.24) is 10.3 Å². The zero-order chi connectivity index (χ0) is 12.3. The summed E-state index contributed by atoms with van der Waals surface area (Å²) in [5.41, 5.74) is 1.23. The average Bonchev–Trinajstić information content (AvgIpc) is 2.56. The monoisotopic (exact) mass is 242 g/mol. The summed E-state index contributed by atoms with van der Waals surface area (Å²) in [6.45, 7) is 11.6. The summed E-state index contributed by atoms with van der Waals surface area (Å²) in [5, 5.41) is 13.4. The molecule has 2 N–H and O–H groups in total. The Balaban J connectivity index is 2.81. The molecule has 16 heavy (non-hydrogen) atoms. The average molecular weight is 242 g/mol. The van der Waals surface area contributed by atoms with Crippen molar-refractivity contribution in [3.8, 4) is 0 Å². The predicted molar refractivity (Wildman–Crippen MR) is 68.7 cm³/mol. The van der Waals surface area contributed by atoms with E-state index in [0.29, 0.717) is 5.92 Å². The van der Waals surface area contributed by atoms with Crippen LogP contribution in [0.4, 0.5) is 0 Å². The van der Waals surface area contributed by atoms with Gasteiger partial charge >= 0.3 is 0 Å². The molecule has 4 heteroatoms. The van der Waals surface area contributed by atoms with Crippen LogP contribution >= 0.6 is 11.3 Å². The van der Waals surface area contributed by atoms with Gasteiger partial charge in [-0.15, -0.1) is 11.3 Å². The molecule has 1 heterocycles. The molecule has 0 saturated carbocycles. The van der Waals surface area contributed by atoms with Gasteiger partial charge in [-0.25, -0.2) is 4.98 Å². The number of rotatable bonds is 4. The van der Waals surface area contributed by atoms with Gasteiger partial charge in [0.05, 0.1) is 12.3 Å². The van der Waals surface area contributed by atoms with Crippen LogP contribution in [0.5, 0.6) is 0 Å². The van der Waals surface area contributed by atoms with E-state index in [1.165, 1.54) is 4.88 Å². The quantitative estimate of drug-likeness (QED) is 0.853. The van der Waals surface area contributed by atoms with Gasteiger partial charge in [-0.2, -0.15) is 0 Å². The molecule has 0 amide bonds. The smallest absolute Gasteiger partial charge is 0.119 e. The van der Waals surface area contributed by atoms with Crippen molar-refractivity contribution in [3.05, 3.63) is 15.6 Å². The first kappa shape index (κ1) is 13.6. The lowest BCUT2D eigenvalue weighted by molar-refractivity contribution is 0.281. The molecule has 1 rings (SSSR count). The van der Waals surface area contributed by atoms with E-state index in [2.05, 4.69) is 44.9 Å². The highest BCUT2D eigenvalue weighted by Gasteiger charge is 2.16. The van der Waals surface area contributed by atoms with Crippen LogP contribution in [0.15, 0.2) is 0 Å². The molecule has 0 unspecified atom stereocenters. The minimum absolute atomic E-state index is 0.0416. The number of aromatic nitrogens is 1. The van der Waals surface area contributed by atoms with E-state index in [0.717, 1.165) is 17.2 Å². The van der Waals surface area contributed by atoms with Crippen LogP contribution in [0.25, 0.3) is 0 Å². The van der Waals surface area contributed by atoms with E-state index in [-0.39, 0.29) is 12.1 Å². The van der Waals surface area contributed by atoms with E-state index in [1.807, 2.05) is 0 Å². The molecule has 1 aromatic heterocycles. The first-order chi connectivity index (χ1) is 7.33. The zero-order valence-corrected chi connectivity index (χ0v) is 11.6. The Morgan fingerprint density at radius 3 is 2.44 bits per heavy atom. The Labute approximate surface area is 102 Å². The van der Waals surface area contributed by atoms with Gasteiger partial charge in [-0.1, -0.05) is 13.8 Å². The van der Waals surface area contributed by atoms with E-state index in [9.17, 15) is 0 Å². The number of hydrogen-bond donors (Lipinski definition) is 2. The van der Waals surface area contributed by atoms with Crippen molar-refractivity contribution < 1.29 is 5.11 Å². The minimum Gasteiger partial charge on any atom is -0.389 e. The molecule has 0 aliphatic heterocycles. The molecule has 0 atom stereocenters. The van der Waals surface area contributed by atoms with Gasteiger partial charge in [0, 0.05) is 17.0 Å². The summed E-state index contributed by atoms with van der Waals surface area (Å²) in [7, 11) is 0. The Morgan fingerprint density at radius 1 is 1.38 bits per heavy atom. The van der Waals surface area contributed by atoms with Crippen LogP contribution in [0, 0.1) is 0 Å². The molecule has 3 nitrogen and oxygen atoms in total. The molecule has 0 saturated heterocycles. The maximum Gasteiger partial charge on any atom is 0.119 e. The van der Waals surface area contributed by atoms with Crippen LogP contribution in [0.3, 0.4) is 0 Å². The van der Waals surface area contributed by atoms with Crippen molar-refractivity contribution in [2.45, 2.75) is 59.2 Å². The van der Waals surface area contributed by atoms with E-state index in [1.54, 1.807) is 11.3 Å². The Bertz CT molecular complexity index is 339. The molecule has 0 aliphatic rings. The first-order valence-corrected chi connectivity index (χ1v) is 6.49. The van der Waals surface area contributed by atoms with E-state index in [4.69, 9.17) is 5.11 Å². The van der Waals surface area contributed by atoms with Gasteiger partial charge in [-0.3, -0.25) is 0 Å². The second kappa shape index (κ2) is 5.25. The second-order valence-corrected chi connectivity index (χ2v) is 6.50. The normalized spacial score (nSPS) is 12.4. The lowest BCUT2D eigenvalue weighted by Gasteiger charge is -2.20. The molecule has 92 valence electrons. The fourth-order valence-electron chi connectivity index (χ4n) is 1.40. The molecule has 0 bridgehead atoms. The molecule has 0 aliphatic carbocycles. The summed E-state index contributed by atoms with van der Waals surface area (Å²) in [5.74, 6) is 0.410. The predicted octanol–water partition coefficient (Wildman–Crippen LogP) is 2.65. The van der Waals surface area contributed by atoms with E-state index < -0.39 is 0 Å². The third-order valence-electron chi connectivity index (χ3n) is 2.23. The van der Waals surface area contributed by atoms with Crippen molar-refractivity contribution in [1.29, 1.82) is 0 Å². The Morgan fingerprint density at radius 2 is 2.00 bits per heavy atom. The van der Waals surface area contributed by atoms with Crippen LogP contribution < -0.4 is 5.32 Å². The number of aliphatic hydroxyl groups excluding tert-OH is 1. The first-order valence-electron chi connectivity index (χ1n) is 5.68. The largest absolute Gasteiger partial charge is 0.389 e. The third-order valence-corrected chi connectivity index (χ3v) is 3.29. The number of hydrogen-bond acceptors (Lipinski definition) is 4. The lowest BCUT2D eigenvalue weighted by atomic mass is 10.1. The Hall–Kier alpha value is -0.450. The third kappa shape index (κ3) is 3.85. The topological polar surface area (TPSA) is 45.2 Å². The highest BCUT2D eigenvalue weighted by atomic mass is 32.1. The van der Waals surface area contributed by atoms with Crippen molar-refractivity contribution in [2.24, 2.45) is 0 Å². The molecule has 0 radical (unpaired) electrons. The maximum absolute atomic E-state index is 9.11. The number of aliphatic hydroxyl groups is 1. The molecular formula is C12H22N2OS. The van der Waals surface area contributed by atoms with Gasteiger partial charge in [0.1, 0.15) is 5.01 Å². The number of nitrogens with zero attached hydrogens (tertiary/aromatic N) is 1. The van der Waals surface area contributed by atoms with Crippen LogP contribution in [0.1, 0.15) is 56.1 Å². The van der Waals surface area contributed by atoms with Crippen molar-refractivity contribution in [3.63, 3.8) is 0 Å². The van der Waals surface area contributed by atoms with Gasteiger partial charge in [0.25, 0.3) is 0 Å². The Kier molecular flexibility index (Phi) is 4.47. The highest BCUT2D eigenvalue weighted by Crippen LogP contribution is 2.25. The fraction of sp³-hybridized carbons (Fsp3) is 0.750. The van der Waals surface area contributed by atoms with Crippen LogP contribution in [-0.2, 0) is 13.2 Å². The van der Waals surface area contributed by atoms with Gasteiger partial charge in [-0.05, 0) is 26.7 Å². The second-order valence-electron chi connectivity index (χ2n) is 5.33. The van der Waals surface area contributed by atoms with E-state index >= 15 is 0 Å². The standard InChI is InChI=1S/C12H22N2OS/c1-8(2)11-9(6-13-12(3,4)5)16-10(7-15)14-11/h8,13,15H,6-7H2,1-5H3. The van der Waals surface area contributed by atoms with Gasteiger partial charge in [0.15, 0.2) is 0 Å². The summed E-state index contributed by atoms with van der Waals surface area (Å²) in [6, 6.07) is 0. The van der Waals surface area contributed by atoms with Crippen molar-refractivity contribution >= 4 is 11.3 Å². The zero-order valence-electron chi connectivity index (χ0n) is 10.8. The van der Waals surface area contributed by atoms with Gasteiger partial charge < -0.3 is 10.4 Å². The summed E-state index contributed by atoms with van der Waals surface area (Å²) < 4.78 is 0. The minimum atomic E-state index is 0.0416. The highest BCUT2D eigenvalue weighted by molar-refractivity contribution is 7.11. The number of nitrogens with one attached hydrogen (secondary N) is 1. The van der Waals surface area contributed by atoms with Crippen molar-refractivity contribution in [2.75, 3.05) is 0 Å². The lowest BCUT2D eigenvalue weighted by Crippen LogP contribution is -2.35. The van der Waals surface area contributed by atoms with Gasteiger partial charge in [0.2, 0.25) is 0 Å². The molecule has 0 aromatic carbocycles. The molecule has 0 fully saturated rings. The maximum atomic E-state index is 9.11. The number of thiazole rings is 1. The summed E-state index contributed by atoms with van der Waals surface area (Å²) >= 11 is 1.60. The van der Waals surface area contributed by atoms with Crippen LogP contribution in [0.2, 0.25) is 0 Å². The summed E-state index contributed by atoms with van der Waals surface area (Å²) in [4.78, 5) is 5.70. The van der Waals surface area contributed by atoms with Crippen LogP contribution in [-0.4, -0.2) is 15.6 Å². The fourth-order valence-corrected chi connectivity index (χ4v) is 2.43. The SMILES string of the molecule is CC(C)c1nc(CO)sc1CNC(C)(C)C. The molecule has 0 spiro atoms. The summed E-state index contributed by atoms with van der Waals surface area (Å²) in [6.07, 6.45) is 0. The molecular weight excluding hydrogens is 220 g/mol.